The first-order chi connectivity index (χ1) is 9.93. The predicted molar refractivity (Wildman–Crippen MR) is 76.2 cm³/mol. The van der Waals surface area contributed by atoms with Crippen LogP contribution in [0.15, 0.2) is 23.6 Å². The summed E-state index contributed by atoms with van der Waals surface area (Å²) >= 11 is 1.23. The van der Waals surface area contributed by atoms with Gasteiger partial charge in [0.25, 0.3) is 0 Å². The summed E-state index contributed by atoms with van der Waals surface area (Å²) in [5, 5.41) is 9.16. The topological polar surface area (TPSA) is 37.8 Å². The highest BCUT2D eigenvalue weighted by Crippen LogP contribution is 2.32. The first-order valence-electron chi connectivity index (χ1n) is 6.61. The smallest absolute Gasteiger partial charge is 0.305 e. The van der Waals surface area contributed by atoms with Gasteiger partial charge in [0.15, 0.2) is 0 Å². The van der Waals surface area contributed by atoms with E-state index in [-0.39, 0.29) is 6.04 Å². The number of aromatic nitrogens is 2. The summed E-state index contributed by atoms with van der Waals surface area (Å²) < 4.78 is 42.1. The molecular formula is C14H16F3N3S. The zero-order valence-electron chi connectivity index (χ0n) is 11.7. The molecule has 1 heterocycles. The third-order valence-corrected chi connectivity index (χ3v) is 3.70. The lowest BCUT2D eigenvalue weighted by Crippen LogP contribution is -2.24. The lowest BCUT2D eigenvalue weighted by molar-refractivity contribution is -0.137. The van der Waals surface area contributed by atoms with Gasteiger partial charge in [-0.1, -0.05) is 17.5 Å². The fraction of sp³-hybridized carbons (Fsp3) is 0.429. The van der Waals surface area contributed by atoms with Gasteiger partial charge in [-0.2, -0.15) is 13.2 Å². The van der Waals surface area contributed by atoms with Crippen LogP contribution in [0.3, 0.4) is 0 Å². The highest BCUT2D eigenvalue weighted by atomic mass is 32.1. The van der Waals surface area contributed by atoms with E-state index < -0.39 is 11.7 Å². The number of nitrogens with one attached hydrogen (secondary N) is 1. The molecule has 1 N–H and O–H groups in total. The zero-order chi connectivity index (χ0) is 15.5. The third kappa shape index (κ3) is 3.79. The molecule has 0 saturated carbocycles. The Balaban J connectivity index is 2.36. The summed E-state index contributed by atoms with van der Waals surface area (Å²) in [6, 6.07) is 3.58. The summed E-state index contributed by atoms with van der Waals surface area (Å²) in [5.74, 6) is 0. The van der Waals surface area contributed by atoms with Crippen molar-refractivity contribution in [3.05, 3.63) is 46.0 Å². The molecular weight excluding hydrogens is 299 g/mol. The fourth-order valence-electron chi connectivity index (χ4n) is 2.14. The molecule has 0 bridgehead atoms. The van der Waals surface area contributed by atoms with Gasteiger partial charge in [0.05, 0.1) is 17.3 Å². The summed E-state index contributed by atoms with van der Waals surface area (Å²) in [4.78, 5) is 0. The van der Waals surface area contributed by atoms with Crippen molar-refractivity contribution in [1.82, 2.24) is 14.9 Å². The van der Waals surface area contributed by atoms with Crippen molar-refractivity contribution in [1.29, 1.82) is 0 Å². The Morgan fingerprint density at radius 2 is 2.10 bits per heavy atom. The number of alkyl halides is 3. The Kier molecular flexibility index (Phi) is 4.95. The van der Waals surface area contributed by atoms with E-state index in [1.807, 2.05) is 12.3 Å². The normalized spacial score (nSPS) is 13.4. The van der Waals surface area contributed by atoms with Crippen molar-refractivity contribution < 1.29 is 13.2 Å². The van der Waals surface area contributed by atoms with E-state index in [0.29, 0.717) is 5.56 Å². The van der Waals surface area contributed by atoms with Crippen molar-refractivity contribution in [2.24, 2.45) is 0 Å². The molecule has 0 radical (unpaired) electrons. The SMILES string of the molecule is CCCNC(c1csnn1)c1ccc(C(F)(F)F)cc1C. The molecule has 114 valence electrons. The van der Waals surface area contributed by atoms with E-state index in [1.54, 1.807) is 6.92 Å². The van der Waals surface area contributed by atoms with Crippen molar-refractivity contribution in [2.45, 2.75) is 32.5 Å². The maximum absolute atomic E-state index is 12.7. The zero-order valence-corrected chi connectivity index (χ0v) is 12.6. The molecule has 3 nitrogen and oxygen atoms in total. The summed E-state index contributed by atoms with van der Waals surface area (Å²) in [6.07, 6.45) is -3.40. The van der Waals surface area contributed by atoms with E-state index in [4.69, 9.17) is 0 Å². The molecule has 0 aliphatic heterocycles. The molecule has 1 atom stereocenters. The highest BCUT2D eigenvalue weighted by Gasteiger charge is 2.31. The van der Waals surface area contributed by atoms with Gasteiger partial charge < -0.3 is 5.32 Å². The maximum atomic E-state index is 12.7. The van der Waals surface area contributed by atoms with Crippen LogP contribution in [0.1, 0.15) is 41.8 Å². The number of rotatable bonds is 5. The van der Waals surface area contributed by atoms with Crippen LogP contribution in [0, 0.1) is 6.92 Å². The monoisotopic (exact) mass is 315 g/mol. The van der Waals surface area contributed by atoms with E-state index in [2.05, 4.69) is 14.9 Å². The van der Waals surface area contributed by atoms with Crippen LogP contribution >= 0.6 is 11.5 Å². The van der Waals surface area contributed by atoms with Gasteiger partial charge in [-0.05, 0) is 54.7 Å². The molecule has 21 heavy (non-hydrogen) atoms. The first kappa shape index (κ1) is 15.9. The Labute approximate surface area is 125 Å². The number of hydrogen-bond donors (Lipinski definition) is 1. The average molecular weight is 315 g/mol. The number of benzene rings is 1. The van der Waals surface area contributed by atoms with E-state index in [0.717, 1.165) is 30.3 Å². The quantitative estimate of drug-likeness (QED) is 0.907. The first-order valence-corrected chi connectivity index (χ1v) is 7.45. The van der Waals surface area contributed by atoms with Crippen LogP contribution in [0.2, 0.25) is 0 Å². The van der Waals surface area contributed by atoms with Crippen molar-refractivity contribution in [3.63, 3.8) is 0 Å². The Hall–Kier alpha value is -1.47. The van der Waals surface area contributed by atoms with Gasteiger partial charge in [-0.15, -0.1) is 5.10 Å². The van der Waals surface area contributed by atoms with Gasteiger partial charge >= 0.3 is 6.18 Å². The van der Waals surface area contributed by atoms with Crippen LogP contribution in [0.4, 0.5) is 13.2 Å². The summed E-state index contributed by atoms with van der Waals surface area (Å²) in [6.45, 7) is 4.47. The van der Waals surface area contributed by atoms with Crippen molar-refractivity contribution in [2.75, 3.05) is 6.54 Å². The minimum atomic E-state index is -4.32. The fourth-order valence-corrected chi connectivity index (χ4v) is 2.62. The molecule has 7 heteroatoms. The maximum Gasteiger partial charge on any atom is 0.416 e. The van der Waals surface area contributed by atoms with Crippen LogP contribution in [-0.2, 0) is 6.18 Å². The molecule has 2 rings (SSSR count). The number of halogens is 3. The van der Waals surface area contributed by atoms with E-state index in [9.17, 15) is 13.2 Å². The number of nitrogens with zero attached hydrogens (tertiary/aromatic N) is 2. The Bertz CT molecular complexity index is 582. The second-order valence-electron chi connectivity index (χ2n) is 4.79. The molecule has 1 unspecified atom stereocenters. The lowest BCUT2D eigenvalue weighted by atomic mass is 9.97. The largest absolute Gasteiger partial charge is 0.416 e. The highest BCUT2D eigenvalue weighted by molar-refractivity contribution is 7.03. The molecule has 0 amide bonds. The van der Waals surface area contributed by atoms with Crippen molar-refractivity contribution >= 4 is 11.5 Å². The number of hydrogen-bond acceptors (Lipinski definition) is 4. The standard InChI is InChI=1S/C14H16F3N3S/c1-3-6-18-13(12-8-21-20-19-12)11-5-4-10(7-9(11)2)14(15,16)17/h4-5,7-8,13,18H,3,6H2,1-2H3. The molecule has 1 aromatic heterocycles. The Morgan fingerprint density at radius 1 is 1.33 bits per heavy atom. The van der Waals surface area contributed by atoms with E-state index in [1.165, 1.54) is 23.7 Å². The van der Waals surface area contributed by atoms with Crippen LogP contribution < -0.4 is 5.32 Å². The van der Waals surface area contributed by atoms with Gasteiger partial charge in [-0.25, -0.2) is 0 Å². The molecule has 0 aliphatic rings. The Morgan fingerprint density at radius 3 is 2.62 bits per heavy atom. The van der Waals surface area contributed by atoms with Gasteiger partial charge in [0.2, 0.25) is 0 Å². The minimum Gasteiger partial charge on any atom is -0.305 e. The van der Waals surface area contributed by atoms with Crippen LogP contribution in [0.25, 0.3) is 0 Å². The molecule has 0 spiro atoms. The molecule has 2 aromatic rings. The second kappa shape index (κ2) is 6.53. The number of aryl methyl sites for hydroxylation is 1. The summed E-state index contributed by atoms with van der Waals surface area (Å²) in [5.41, 5.74) is 1.49. The lowest BCUT2D eigenvalue weighted by Gasteiger charge is -2.20. The minimum absolute atomic E-state index is 0.231. The average Bonchev–Trinajstić information content (AvgIpc) is 2.93. The third-order valence-electron chi connectivity index (χ3n) is 3.18. The summed E-state index contributed by atoms with van der Waals surface area (Å²) in [7, 11) is 0. The van der Waals surface area contributed by atoms with Gasteiger partial charge in [0, 0.05) is 5.38 Å². The van der Waals surface area contributed by atoms with Gasteiger partial charge in [0.1, 0.15) is 0 Å². The van der Waals surface area contributed by atoms with Gasteiger partial charge in [-0.3, -0.25) is 0 Å². The van der Waals surface area contributed by atoms with E-state index >= 15 is 0 Å². The molecule has 0 saturated heterocycles. The predicted octanol–water partition coefficient (Wildman–Crippen LogP) is 3.95. The van der Waals surface area contributed by atoms with Crippen LogP contribution in [0.5, 0.6) is 0 Å². The van der Waals surface area contributed by atoms with Crippen LogP contribution in [-0.4, -0.2) is 16.1 Å². The second-order valence-corrected chi connectivity index (χ2v) is 5.40. The molecule has 0 aliphatic carbocycles. The molecule has 0 fully saturated rings. The van der Waals surface area contributed by atoms with Crippen molar-refractivity contribution in [3.8, 4) is 0 Å². The molecule has 1 aromatic carbocycles.